The lowest BCUT2D eigenvalue weighted by atomic mass is 10.3. The number of hydrogen-bond donors (Lipinski definition) is 1. The highest BCUT2D eigenvalue weighted by molar-refractivity contribution is 7.08. The molecular formula is C16H17N3O3S. The molecule has 3 aromatic rings. The van der Waals surface area contributed by atoms with E-state index >= 15 is 0 Å². The minimum Gasteiger partial charge on any atom is -0.508 e. The fraction of sp³-hybridized carbons (Fsp3) is 0.250. The van der Waals surface area contributed by atoms with Crippen LogP contribution in [0.1, 0.15) is 5.89 Å². The molecule has 0 fully saturated rings. The maximum Gasteiger partial charge on any atom is 0.241 e. The van der Waals surface area contributed by atoms with Crippen LogP contribution in [0, 0.1) is 0 Å². The van der Waals surface area contributed by atoms with Crippen molar-refractivity contribution in [1.82, 2.24) is 15.0 Å². The second-order valence-corrected chi connectivity index (χ2v) is 5.88. The van der Waals surface area contributed by atoms with Crippen LogP contribution in [0.15, 0.2) is 45.6 Å². The van der Waals surface area contributed by atoms with Crippen LogP contribution >= 0.6 is 11.3 Å². The molecule has 3 rings (SSSR count). The number of thiophene rings is 1. The zero-order valence-corrected chi connectivity index (χ0v) is 13.5. The van der Waals surface area contributed by atoms with Gasteiger partial charge in [-0.3, -0.25) is 4.90 Å². The quantitative estimate of drug-likeness (QED) is 0.717. The molecular weight excluding hydrogens is 314 g/mol. The third kappa shape index (κ3) is 4.30. The van der Waals surface area contributed by atoms with Crippen LogP contribution in [0.5, 0.6) is 11.5 Å². The Morgan fingerprint density at radius 3 is 2.83 bits per heavy atom. The number of phenolic OH excluding ortho intramolecular Hbond substituents is 1. The summed E-state index contributed by atoms with van der Waals surface area (Å²) < 4.78 is 10.9. The predicted molar refractivity (Wildman–Crippen MR) is 87.5 cm³/mol. The van der Waals surface area contributed by atoms with E-state index in [0.717, 1.165) is 17.9 Å². The van der Waals surface area contributed by atoms with Gasteiger partial charge in [-0.15, -0.1) is 0 Å². The molecule has 120 valence electrons. The molecule has 7 heteroatoms. The molecule has 1 aromatic carbocycles. The number of nitrogens with zero attached hydrogens (tertiary/aromatic N) is 3. The fourth-order valence-electron chi connectivity index (χ4n) is 2.00. The van der Waals surface area contributed by atoms with Crippen molar-refractivity contribution in [3.63, 3.8) is 0 Å². The molecule has 0 spiro atoms. The van der Waals surface area contributed by atoms with Gasteiger partial charge in [0.2, 0.25) is 11.7 Å². The topological polar surface area (TPSA) is 71.6 Å². The Hall–Kier alpha value is -2.38. The van der Waals surface area contributed by atoms with Gasteiger partial charge in [-0.1, -0.05) is 5.16 Å². The van der Waals surface area contributed by atoms with Crippen LogP contribution in [0.2, 0.25) is 0 Å². The first-order valence-corrected chi connectivity index (χ1v) is 8.10. The standard InChI is InChI=1S/C16H17N3O3S/c1-19(7-8-21-14-4-2-13(20)3-5-14)10-15-17-16(18-22-15)12-6-9-23-11-12/h2-6,9,11,20H,7-8,10H2,1H3. The van der Waals surface area contributed by atoms with Gasteiger partial charge in [-0.05, 0) is 42.8 Å². The maximum absolute atomic E-state index is 9.22. The third-order valence-corrected chi connectivity index (χ3v) is 3.91. The van der Waals surface area contributed by atoms with E-state index in [-0.39, 0.29) is 5.75 Å². The average molecular weight is 331 g/mol. The predicted octanol–water partition coefficient (Wildman–Crippen LogP) is 3.01. The number of rotatable bonds is 7. The highest BCUT2D eigenvalue weighted by Crippen LogP contribution is 2.19. The van der Waals surface area contributed by atoms with Crippen molar-refractivity contribution in [1.29, 1.82) is 0 Å². The van der Waals surface area contributed by atoms with E-state index < -0.39 is 0 Å². The highest BCUT2D eigenvalue weighted by atomic mass is 32.1. The summed E-state index contributed by atoms with van der Waals surface area (Å²) in [5.41, 5.74) is 0.975. The van der Waals surface area contributed by atoms with Gasteiger partial charge in [0.15, 0.2) is 0 Å². The first-order chi connectivity index (χ1) is 11.2. The summed E-state index contributed by atoms with van der Waals surface area (Å²) in [5.74, 6) is 2.16. The second-order valence-electron chi connectivity index (χ2n) is 5.10. The lowest BCUT2D eigenvalue weighted by Crippen LogP contribution is -2.24. The van der Waals surface area contributed by atoms with Crippen molar-refractivity contribution in [2.75, 3.05) is 20.2 Å². The van der Waals surface area contributed by atoms with E-state index in [2.05, 4.69) is 10.1 Å². The molecule has 0 aliphatic carbocycles. The summed E-state index contributed by atoms with van der Waals surface area (Å²) in [7, 11) is 1.97. The summed E-state index contributed by atoms with van der Waals surface area (Å²) in [6.45, 7) is 1.82. The van der Waals surface area contributed by atoms with Gasteiger partial charge >= 0.3 is 0 Å². The summed E-state index contributed by atoms with van der Waals surface area (Å²) >= 11 is 1.60. The monoisotopic (exact) mass is 331 g/mol. The van der Waals surface area contributed by atoms with Crippen molar-refractivity contribution in [3.05, 3.63) is 47.0 Å². The van der Waals surface area contributed by atoms with Gasteiger partial charge in [0, 0.05) is 17.5 Å². The molecule has 0 saturated heterocycles. The van der Waals surface area contributed by atoms with Crippen LogP contribution in [0.25, 0.3) is 11.4 Å². The van der Waals surface area contributed by atoms with Crippen molar-refractivity contribution in [2.24, 2.45) is 0 Å². The van der Waals surface area contributed by atoms with E-state index in [1.807, 2.05) is 28.8 Å². The Morgan fingerprint density at radius 2 is 2.09 bits per heavy atom. The summed E-state index contributed by atoms with van der Waals surface area (Å²) in [6.07, 6.45) is 0. The van der Waals surface area contributed by atoms with Gasteiger partial charge in [-0.25, -0.2) is 0 Å². The largest absolute Gasteiger partial charge is 0.508 e. The molecule has 0 radical (unpaired) electrons. The molecule has 2 heterocycles. The molecule has 0 unspecified atom stereocenters. The van der Waals surface area contributed by atoms with Crippen LogP contribution in [0.4, 0.5) is 0 Å². The zero-order chi connectivity index (χ0) is 16.1. The fourth-order valence-corrected chi connectivity index (χ4v) is 2.63. The Morgan fingerprint density at radius 1 is 1.26 bits per heavy atom. The number of likely N-dealkylation sites (N-methyl/N-ethyl adjacent to an activating group) is 1. The smallest absolute Gasteiger partial charge is 0.241 e. The SMILES string of the molecule is CN(CCOc1ccc(O)cc1)Cc1nc(-c2ccsc2)no1. The lowest BCUT2D eigenvalue weighted by molar-refractivity contribution is 0.212. The minimum absolute atomic E-state index is 0.229. The lowest BCUT2D eigenvalue weighted by Gasteiger charge is -2.14. The molecule has 2 aromatic heterocycles. The van der Waals surface area contributed by atoms with Gasteiger partial charge < -0.3 is 14.4 Å². The Balaban J connectivity index is 1.46. The van der Waals surface area contributed by atoms with Gasteiger partial charge in [0.05, 0.1) is 6.54 Å². The van der Waals surface area contributed by atoms with E-state index in [1.165, 1.54) is 0 Å². The van der Waals surface area contributed by atoms with Crippen LogP contribution in [0.3, 0.4) is 0 Å². The molecule has 0 amide bonds. The summed E-state index contributed by atoms with van der Waals surface area (Å²) in [5, 5.41) is 17.2. The van der Waals surface area contributed by atoms with Gasteiger partial charge in [0.1, 0.15) is 18.1 Å². The molecule has 0 atom stereocenters. The van der Waals surface area contributed by atoms with Gasteiger partial charge in [-0.2, -0.15) is 16.3 Å². The van der Waals surface area contributed by atoms with Crippen LogP contribution in [-0.2, 0) is 6.54 Å². The molecule has 23 heavy (non-hydrogen) atoms. The molecule has 1 N–H and O–H groups in total. The van der Waals surface area contributed by atoms with E-state index in [4.69, 9.17) is 9.26 Å². The van der Waals surface area contributed by atoms with Crippen molar-refractivity contribution >= 4 is 11.3 Å². The molecule has 0 saturated carbocycles. The third-order valence-electron chi connectivity index (χ3n) is 3.23. The normalized spacial score (nSPS) is 11.0. The van der Waals surface area contributed by atoms with E-state index in [1.54, 1.807) is 35.6 Å². The van der Waals surface area contributed by atoms with Crippen LogP contribution in [-0.4, -0.2) is 40.3 Å². The molecule has 0 bridgehead atoms. The molecule has 0 aliphatic rings. The first kappa shape index (κ1) is 15.5. The Bertz CT molecular complexity index is 725. The number of aromatic nitrogens is 2. The number of aromatic hydroxyl groups is 1. The second kappa shape index (κ2) is 7.26. The van der Waals surface area contributed by atoms with Crippen molar-refractivity contribution in [3.8, 4) is 22.9 Å². The van der Waals surface area contributed by atoms with Crippen LogP contribution < -0.4 is 4.74 Å². The van der Waals surface area contributed by atoms with Crippen molar-refractivity contribution < 1.29 is 14.4 Å². The number of ether oxygens (including phenoxy) is 1. The van der Waals surface area contributed by atoms with Gasteiger partial charge in [0.25, 0.3) is 0 Å². The Labute approximate surface area is 137 Å². The maximum atomic E-state index is 9.22. The Kier molecular flexibility index (Phi) is 4.89. The summed E-state index contributed by atoms with van der Waals surface area (Å²) in [4.78, 5) is 6.43. The number of benzene rings is 1. The number of hydrogen-bond acceptors (Lipinski definition) is 7. The average Bonchev–Trinajstić information content (AvgIpc) is 3.20. The zero-order valence-electron chi connectivity index (χ0n) is 12.7. The molecule has 6 nitrogen and oxygen atoms in total. The van der Waals surface area contributed by atoms with E-state index in [0.29, 0.717) is 24.9 Å². The first-order valence-electron chi connectivity index (χ1n) is 7.16. The minimum atomic E-state index is 0.229. The highest BCUT2D eigenvalue weighted by Gasteiger charge is 2.11. The molecule has 0 aliphatic heterocycles. The summed E-state index contributed by atoms with van der Waals surface area (Å²) in [6, 6.07) is 8.64. The van der Waals surface area contributed by atoms with E-state index in [9.17, 15) is 5.11 Å². The van der Waals surface area contributed by atoms with Crippen molar-refractivity contribution in [2.45, 2.75) is 6.54 Å². The number of phenols is 1.